The number of aromatic hydroxyl groups is 1. The first-order valence-electron chi connectivity index (χ1n) is 6.14. The van der Waals surface area contributed by atoms with Crippen LogP contribution in [-0.2, 0) is 0 Å². The summed E-state index contributed by atoms with van der Waals surface area (Å²) in [5.74, 6) is 0.652. The second kappa shape index (κ2) is 6.04. The maximum Gasteiger partial charge on any atom is 0.160 e. The Hall–Kier alpha value is -1.59. The van der Waals surface area contributed by atoms with Crippen LogP contribution < -0.4 is 10.1 Å². The fourth-order valence-corrected chi connectivity index (χ4v) is 2.61. The molecule has 0 saturated carbocycles. The molecule has 0 radical (unpaired) electrons. The zero-order valence-corrected chi connectivity index (χ0v) is 12.1. The van der Waals surface area contributed by atoms with Crippen LogP contribution in [0, 0.1) is 0 Å². The van der Waals surface area contributed by atoms with Crippen LogP contribution in [0.25, 0.3) is 0 Å². The lowest BCUT2D eigenvalue weighted by Gasteiger charge is -2.19. The van der Waals surface area contributed by atoms with E-state index in [-0.39, 0.29) is 17.8 Å². The first-order chi connectivity index (χ1) is 9.11. The van der Waals surface area contributed by atoms with E-state index in [0.29, 0.717) is 5.75 Å². The van der Waals surface area contributed by atoms with Gasteiger partial charge in [0, 0.05) is 17.6 Å². The van der Waals surface area contributed by atoms with Gasteiger partial charge in [-0.05, 0) is 31.5 Å². The number of rotatable bonds is 5. The Balaban J connectivity index is 2.09. The number of ether oxygens (including phenoxy) is 1. The third-order valence-electron chi connectivity index (χ3n) is 3.03. The predicted molar refractivity (Wildman–Crippen MR) is 76.7 cm³/mol. The fraction of sp³-hybridized carbons (Fsp3) is 0.357. The highest BCUT2D eigenvalue weighted by Gasteiger charge is 2.14. The van der Waals surface area contributed by atoms with Crippen molar-refractivity contribution < 1.29 is 9.84 Å². The van der Waals surface area contributed by atoms with Crippen LogP contribution in [0.3, 0.4) is 0 Å². The summed E-state index contributed by atoms with van der Waals surface area (Å²) in [7, 11) is 1.55. The molecule has 0 aliphatic heterocycles. The Morgan fingerprint density at radius 3 is 2.74 bits per heavy atom. The Kier molecular flexibility index (Phi) is 4.39. The average molecular weight is 278 g/mol. The molecule has 0 aliphatic carbocycles. The molecule has 1 aromatic heterocycles. The average Bonchev–Trinajstić information content (AvgIpc) is 2.93. The molecule has 2 atom stereocenters. The van der Waals surface area contributed by atoms with Gasteiger partial charge < -0.3 is 15.2 Å². The van der Waals surface area contributed by atoms with Crippen LogP contribution >= 0.6 is 11.3 Å². The zero-order valence-electron chi connectivity index (χ0n) is 11.3. The van der Waals surface area contributed by atoms with Crippen molar-refractivity contribution in [1.82, 2.24) is 10.3 Å². The molecular formula is C14H18N2O2S. The van der Waals surface area contributed by atoms with Gasteiger partial charge in [-0.3, -0.25) is 0 Å². The van der Waals surface area contributed by atoms with Crippen molar-refractivity contribution in [2.45, 2.75) is 25.9 Å². The molecule has 0 saturated heterocycles. The first kappa shape index (κ1) is 13.8. The lowest BCUT2D eigenvalue weighted by Crippen LogP contribution is -2.22. The Bertz CT molecular complexity index is 528. The predicted octanol–water partition coefficient (Wildman–Crippen LogP) is 3.27. The van der Waals surface area contributed by atoms with Crippen LogP contribution in [0.4, 0.5) is 0 Å². The van der Waals surface area contributed by atoms with Crippen molar-refractivity contribution in [2.24, 2.45) is 0 Å². The number of hydrogen-bond acceptors (Lipinski definition) is 5. The van der Waals surface area contributed by atoms with E-state index in [2.05, 4.69) is 24.1 Å². The van der Waals surface area contributed by atoms with Crippen LogP contribution in [0.15, 0.2) is 29.8 Å². The number of phenols is 1. The lowest BCUT2D eigenvalue weighted by molar-refractivity contribution is 0.371. The van der Waals surface area contributed by atoms with E-state index < -0.39 is 0 Å². The SMILES string of the molecule is COc1cc(C(C)NC(C)c2nccs2)ccc1O. The molecule has 1 heterocycles. The molecule has 2 aromatic rings. The van der Waals surface area contributed by atoms with E-state index >= 15 is 0 Å². The van der Waals surface area contributed by atoms with Gasteiger partial charge in [0.1, 0.15) is 5.01 Å². The van der Waals surface area contributed by atoms with Gasteiger partial charge in [0.15, 0.2) is 11.5 Å². The molecule has 0 bridgehead atoms. The number of phenolic OH excluding ortho intramolecular Hbond substituents is 1. The second-order valence-corrected chi connectivity index (χ2v) is 5.34. The smallest absolute Gasteiger partial charge is 0.160 e. The maximum atomic E-state index is 9.60. The van der Waals surface area contributed by atoms with E-state index in [1.165, 1.54) is 0 Å². The van der Waals surface area contributed by atoms with Gasteiger partial charge in [0.2, 0.25) is 0 Å². The molecular weight excluding hydrogens is 260 g/mol. The van der Waals surface area contributed by atoms with Gasteiger partial charge in [-0.2, -0.15) is 0 Å². The molecule has 0 amide bonds. The highest BCUT2D eigenvalue weighted by atomic mass is 32.1. The summed E-state index contributed by atoms with van der Waals surface area (Å²) in [6.07, 6.45) is 1.81. The number of nitrogens with one attached hydrogen (secondary N) is 1. The lowest BCUT2D eigenvalue weighted by atomic mass is 10.1. The standard InChI is InChI=1S/C14H18N2O2S/c1-9(16-10(2)14-15-6-7-19-14)11-4-5-12(17)13(8-11)18-3/h4-10,16-17H,1-3H3. The maximum absolute atomic E-state index is 9.60. The molecule has 2 unspecified atom stereocenters. The highest BCUT2D eigenvalue weighted by molar-refractivity contribution is 7.09. The molecule has 19 heavy (non-hydrogen) atoms. The van der Waals surface area contributed by atoms with Crippen molar-refractivity contribution >= 4 is 11.3 Å². The third kappa shape index (κ3) is 3.24. The molecule has 2 rings (SSSR count). The van der Waals surface area contributed by atoms with Gasteiger partial charge in [-0.25, -0.2) is 4.98 Å². The number of methoxy groups -OCH3 is 1. The summed E-state index contributed by atoms with van der Waals surface area (Å²) >= 11 is 1.64. The van der Waals surface area contributed by atoms with Crippen LogP contribution in [0.5, 0.6) is 11.5 Å². The summed E-state index contributed by atoms with van der Waals surface area (Å²) < 4.78 is 5.12. The topological polar surface area (TPSA) is 54.4 Å². The molecule has 4 nitrogen and oxygen atoms in total. The van der Waals surface area contributed by atoms with Gasteiger partial charge in [-0.1, -0.05) is 6.07 Å². The minimum Gasteiger partial charge on any atom is -0.504 e. The van der Waals surface area contributed by atoms with E-state index in [9.17, 15) is 5.11 Å². The molecule has 0 aliphatic rings. The molecule has 1 aromatic carbocycles. The second-order valence-electron chi connectivity index (χ2n) is 4.41. The summed E-state index contributed by atoms with van der Waals surface area (Å²) in [4.78, 5) is 4.30. The highest BCUT2D eigenvalue weighted by Crippen LogP contribution is 2.29. The van der Waals surface area contributed by atoms with Gasteiger partial charge in [0.05, 0.1) is 13.2 Å². The summed E-state index contributed by atoms with van der Waals surface area (Å²) in [5, 5.41) is 16.1. The largest absolute Gasteiger partial charge is 0.504 e. The number of thiazole rings is 1. The number of aromatic nitrogens is 1. The summed E-state index contributed by atoms with van der Waals surface area (Å²) in [5.41, 5.74) is 1.07. The van der Waals surface area contributed by atoms with E-state index in [4.69, 9.17) is 4.74 Å². The van der Waals surface area contributed by atoms with E-state index in [1.54, 1.807) is 24.5 Å². The van der Waals surface area contributed by atoms with Crippen molar-refractivity contribution in [2.75, 3.05) is 7.11 Å². The third-order valence-corrected chi connectivity index (χ3v) is 3.98. The fourth-order valence-electron chi connectivity index (χ4n) is 1.95. The summed E-state index contributed by atoms with van der Waals surface area (Å²) in [6.45, 7) is 4.17. The van der Waals surface area contributed by atoms with Crippen molar-refractivity contribution in [1.29, 1.82) is 0 Å². The van der Waals surface area contributed by atoms with Gasteiger partial charge in [-0.15, -0.1) is 11.3 Å². The van der Waals surface area contributed by atoms with E-state index in [0.717, 1.165) is 10.6 Å². The van der Waals surface area contributed by atoms with E-state index in [1.807, 2.05) is 23.7 Å². The first-order valence-corrected chi connectivity index (χ1v) is 7.02. The Labute approximate surface area is 117 Å². The monoisotopic (exact) mass is 278 g/mol. The number of benzene rings is 1. The van der Waals surface area contributed by atoms with Crippen molar-refractivity contribution in [3.63, 3.8) is 0 Å². The van der Waals surface area contributed by atoms with Crippen LogP contribution in [0.2, 0.25) is 0 Å². The molecule has 0 spiro atoms. The minimum atomic E-state index is 0.147. The van der Waals surface area contributed by atoms with Crippen molar-refractivity contribution in [3.05, 3.63) is 40.3 Å². The van der Waals surface area contributed by atoms with Crippen molar-refractivity contribution in [3.8, 4) is 11.5 Å². The quantitative estimate of drug-likeness (QED) is 0.881. The Morgan fingerprint density at radius 2 is 2.11 bits per heavy atom. The number of hydrogen-bond donors (Lipinski definition) is 2. The molecule has 0 fully saturated rings. The molecule has 2 N–H and O–H groups in total. The zero-order chi connectivity index (χ0) is 13.8. The van der Waals surface area contributed by atoms with Gasteiger partial charge in [0.25, 0.3) is 0 Å². The molecule has 102 valence electrons. The molecule has 5 heteroatoms. The van der Waals surface area contributed by atoms with Crippen LogP contribution in [-0.4, -0.2) is 17.2 Å². The van der Waals surface area contributed by atoms with Gasteiger partial charge >= 0.3 is 0 Å². The number of nitrogens with zero attached hydrogens (tertiary/aromatic N) is 1. The normalized spacial score (nSPS) is 14.1. The van der Waals surface area contributed by atoms with Crippen LogP contribution in [0.1, 0.15) is 36.5 Å². The summed E-state index contributed by atoms with van der Waals surface area (Å²) in [6, 6.07) is 5.73. The minimum absolute atomic E-state index is 0.147. The Morgan fingerprint density at radius 1 is 1.32 bits per heavy atom.